The van der Waals surface area contributed by atoms with Crippen molar-refractivity contribution in [3.63, 3.8) is 0 Å². The van der Waals surface area contributed by atoms with E-state index in [1.165, 1.54) is 18.2 Å². The summed E-state index contributed by atoms with van der Waals surface area (Å²) in [6.07, 6.45) is 0. The number of amides is 1. The van der Waals surface area contributed by atoms with E-state index in [2.05, 4.69) is 5.32 Å². The normalized spacial score (nSPS) is 13.9. The van der Waals surface area contributed by atoms with Crippen molar-refractivity contribution in [3.8, 4) is 5.75 Å². The molecule has 0 aliphatic carbocycles. The number of carbonyl (C=O) groups excluding carboxylic acids is 1. The Kier molecular flexibility index (Phi) is 5.95. The lowest BCUT2D eigenvalue weighted by Gasteiger charge is -2.18. The minimum Gasteiger partial charge on any atom is -0.483 e. The highest BCUT2D eigenvalue weighted by molar-refractivity contribution is 5.77. The Morgan fingerprint density at radius 2 is 2.00 bits per heavy atom. The second-order valence-corrected chi connectivity index (χ2v) is 5.36. The standard InChI is InChI=1S/C15H23FN2O2/c1-9(2)11(4)18-15(19)8-20-14-6-5-12(16)7-13(14)10(3)17/h5-7,9-11H,8,17H2,1-4H3,(H,18,19)/t10-,11?/m1/s1. The van der Waals surface area contributed by atoms with Crippen LogP contribution in [-0.4, -0.2) is 18.6 Å². The maximum atomic E-state index is 13.2. The molecule has 0 bridgehead atoms. The predicted molar refractivity (Wildman–Crippen MR) is 76.9 cm³/mol. The molecular formula is C15H23FN2O2. The monoisotopic (exact) mass is 282 g/mol. The first-order valence-corrected chi connectivity index (χ1v) is 6.78. The molecule has 0 radical (unpaired) electrons. The molecule has 1 aromatic carbocycles. The summed E-state index contributed by atoms with van der Waals surface area (Å²) in [5.41, 5.74) is 6.31. The summed E-state index contributed by atoms with van der Waals surface area (Å²) in [6.45, 7) is 7.62. The molecule has 1 amide bonds. The van der Waals surface area contributed by atoms with Crippen molar-refractivity contribution in [2.45, 2.75) is 39.8 Å². The molecule has 0 aliphatic rings. The Morgan fingerprint density at radius 1 is 1.35 bits per heavy atom. The molecular weight excluding hydrogens is 259 g/mol. The molecule has 1 unspecified atom stereocenters. The summed E-state index contributed by atoms with van der Waals surface area (Å²) in [5, 5.41) is 2.84. The summed E-state index contributed by atoms with van der Waals surface area (Å²) < 4.78 is 18.6. The number of rotatable bonds is 6. The largest absolute Gasteiger partial charge is 0.483 e. The van der Waals surface area contributed by atoms with E-state index in [9.17, 15) is 9.18 Å². The van der Waals surface area contributed by atoms with E-state index < -0.39 is 0 Å². The van der Waals surface area contributed by atoms with Crippen LogP contribution in [0.5, 0.6) is 5.75 Å². The van der Waals surface area contributed by atoms with E-state index in [1.54, 1.807) is 6.92 Å². The first-order valence-electron chi connectivity index (χ1n) is 6.78. The zero-order chi connectivity index (χ0) is 15.3. The molecule has 0 saturated heterocycles. The Labute approximate surface area is 119 Å². The molecule has 0 fully saturated rings. The topological polar surface area (TPSA) is 64.3 Å². The van der Waals surface area contributed by atoms with Crippen LogP contribution in [0.15, 0.2) is 18.2 Å². The Hall–Kier alpha value is -1.62. The molecule has 1 aromatic rings. The van der Waals surface area contributed by atoms with Crippen molar-refractivity contribution >= 4 is 5.91 Å². The van der Waals surface area contributed by atoms with E-state index in [-0.39, 0.29) is 30.4 Å². The molecule has 112 valence electrons. The predicted octanol–water partition coefficient (Wildman–Crippen LogP) is 2.38. The van der Waals surface area contributed by atoms with Gasteiger partial charge in [0.1, 0.15) is 11.6 Å². The van der Waals surface area contributed by atoms with Gasteiger partial charge in [-0.05, 0) is 38.0 Å². The van der Waals surface area contributed by atoms with Crippen LogP contribution >= 0.6 is 0 Å². The number of ether oxygens (including phenoxy) is 1. The van der Waals surface area contributed by atoms with Gasteiger partial charge in [0.05, 0.1) is 0 Å². The molecule has 4 nitrogen and oxygen atoms in total. The van der Waals surface area contributed by atoms with Gasteiger partial charge in [0.15, 0.2) is 6.61 Å². The van der Waals surface area contributed by atoms with Crippen molar-refractivity contribution in [3.05, 3.63) is 29.6 Å². The van der Waals surface area contributed by atoms with Crippen LogP contribution in [0.1, 0.15) is 39.3 Å². The minimum absolute atomic E-state index is 0.0761. The molecule has 1 rings (SSSR count). The van der Waals surface area contributed by atoms with Gasteiger partial charge in [0, 0.05) is 17.6 Å². The third-order valence-corrected chi connectivity index (χ3v) is 3.21. The lowest BCUT2D eigenvalue weighted by molar-refractivity contribution is -0.124. The summed E-state index contributed by atoms with van der Waals surface area (Å²) in [7, 11) is 0. The Bertz CT molecular complexity index is 461. The summed E-state index contributed by atoms with van der Waals surface area (Å²) in [6, 6.07) is 3.82. The zero-order valence-electron chi connectivity index (χ0n) is 12.4. The highest BCUT2D eigenvalue weighted by atomic mass is 19.1. The zero-order valence-corrected chi connectivity index (χ0v) is 12.4. The molecule has 0 aromatic heterocycles. The lowest BCUT2D eigenvalue weighted by Crippen LogP contribution is -2.39. The van der Waals surface area contributed by atoms with E-state index in [0.29, 0.717) is 17.2 Å². The molecule has 5 heteroatoms. The van der Waals surface area contributed by atoms with Crippen LogP contribution in [0.4, 0.5) is 4.39 Å². The number of nitrogens with one attached hydrogen (secondary N) is 1. The maximum absolute atomic E-state index is 13.2. The third-order valence-electron chi connectivity index (χ3n) is 3.21. The lowest BCUT2D eigenvalue weighted by atomic mass is 10.1. The van der Waals surface area contributed by atoms with Gasteiger partial charge >= 0.3 is 0 Å². The van der Waals surface area contributed by atoms with E-state index in [0.717, 1.165) is 0 Å². The van der Waals surface area contributed by atoms with Gasteiger partial charge in [0.25, 0.3) is 5.91 Å². The van der Waals surface area contributed by atoms with Gasteiger partial charge in [0.2, 0.25) is 0 Å². The SMILES string of the molecule is CC(C)C(C)NC(=O)COc1ccc(F)cc1[C@@H](C)N. The summed E-state index contributed by atoms with van der Waals surface area (Å²) in [5.74, 6) is 0.215. The van der Waals surface area contributed by atoms with Crippen molar-refractivity contribution < 1.29 is 13.9 Å². The molecule has 0 aliphatic heterocycles. The van der Waals surface area contributed by atoms with Gasteiger partial charge in [-0.2, -0.15) is 0 Å². The third kappa shape index (κ3) is 4.81. The molecule has 3 N–H and O–H groups in total. The Morgan fingerprint density at radius 3 is 2.55 bits per heavy atom. The fourth-order valence-electron chi connectivity index (χ4n) is 1.61. The summed E-state index contributed by atoms with van der Waals surface area (Å²) >= 11 is 0. The van der Waals surface area contributed by atoms with Crippen molar-refractivity contribution in [2.75, 3.05) is 6.61 Å². The molecule has 20 heavy (non-hydrogen) atoms. The first-order chi connectivity index (χ1) is 9.31. The van der Waals surface area contributed by atoms with E-state index >= 15 is 0 Å². The van der Waals surface area contributed by atoms with Crippen molar-refractivity contribution in [1.82, 2.24) is 5.32 Å². The number of hydrogen-bond donors (Lipinski definition) is 2. The van der Waals surface area contributed by atoms with Gasteiger partial charge in [-0.25, -0.2) is 4.39 Å². The molecule has 0 spiro atoms. The van der Waals surface area contributed by atoms with Crippen LogP contribution in [0.3, 0.4) is 0 Å². The van der Waals surface area contributed by atoms with Gasteiger partial charge in [-0.1, -0.05) is 13.8 Å². The smallest absolute Gasteiger partial charge is 0.258 e. The summed E-state index contributed by atoms with van der Waals surface area (Å²) in [4.78, 5) is 11.7. The maximum Gasteiger partial charge on any atom is 0.258 e. The van der Waals surface area contributed by atoms with Crippen LogP contribution in [-0.2, 0) is 4.79 Å². The quantitative estimate of drug-likeness (QED) is 0.842. The van der Waals surface area contributed by atoms with E-state index in [1.807, 2.05) is 20.8 Å². The number of halogens is 1. The van der Waals surface area contributed by atoms with Crippen LogP contribution < -0.4 is 15.8 Å². The van der Waals surface area contributed by atoms with E-state index in [4.69, 9.17) is 10.5 Å². The second-order valence-electron chi connectivity index (χ2n) is 5.36. The highest BCUT2D eigenvalue weighted by Gasteiger charge is 2.14. The molecule has 0 saturated carbocycles. The van der Waals surface area contributed by atoms with Crippen LogP contribution in [0.2, 0.25) is 0 Å². The van der Waals surface area contributed by atoms with Gasteiger partial charge in [-0.3, -0.25) is 4.79 Å². The first kappa shape index (κ1) is 16.4. The molecule has 0 heterocycles. The highest BCUT2D eigenvalue weighted by Crippen LogP contribution is 2.24. The average molecular weight is 282 g/mol. The van der Waals surface area contributed by atoms with Gasteiger partial charge in [-0.15, -0.1) is 0 Å². The fraction of sp³-hybridized carbons (Fsp3) is 0.533. The van der Waals surface area contributed by atoms with Crippen molar-refractivity contribution in [2.24, 2.45) is 11.7 Å². The number of carbonyl (C=O) groups is 1. The number of nitrogens with two attached hydrogens (primary N) is 1. The molecule has 2 atom stereocenters. The average Bonchev–Trinajstić information content (AvgIpc) is 2.36. The van der Waals surface area contributed by atoms with Crippen LogP contribution in [0.25, 0.3) is 0 Å². The minimum atomic E-state index is -0.373. The number of hydrogen-bond acceptors (Lipinski definition) is 3. The number of benzene rings is 1. The second kappa shape index (κ2) is 7.24. The fourth-order valence-corrected chi connectivity index (χ4v) is 1.61. The Balaban J connectivity index is 2.64. The van der Waals surface area contributed by atoms with Crippen LogP contribution in [0, 0.1) is 11.7 Å². The van der Waals surface area contributed by atoms with Crippen molar-refractivity contribution in [1.29, 1.82) is 0 Å². The van der Waals surface area contributed by atoms with Gasteiger partial charge < -0.3 is 15.8 Å².